The summed E-state index contributed by atoms with van der Waals surface area (Å²) in [5.74, 6) is 3.06. The Balaban J connectivity index is 1.34. The van der Waals surface area contributed by atoms with Gasteiger partial charge in [0.05, 0.1) is 12.1 Å². The summed E-state index contributed by atoms with van der Waals surface area (Å²) in [6.07, 6.45) is 6.21. The molecule has 4 aromatic rings. The predicted molar refractivity (Wildman–Crippen MR) is 125 cm³/mol. The fourth-order valence-corrected chi connectivity index (χ4v) is 4.96. The van der Waals surface area contributed by atoms with Gasteiger partial charge in [-0.05, 0) is 55.9 Å². The first-order valence-electron chi connectivity index (χ1n) is 11.4. The van der Waals surface area contributed by atoms with Gasteiger partial charge in [-0.25, -0.2) is 19.9 Å². The first-order valence-corrected chi connectivity index (χ1v) is 11.4. The summed E-state index contributed by atoms with van der Waals surface area (Å²) in [5, 5.41) is 9.58. The molecule has 2 N–H and O–H groups in total. The molecule has 8 nitrogen and oxygen atoms in total. The molecule has 0 bridgehead atoms. The molecule has 1 unspecified atom stereocenters. The van der Waals surface area contributed by atoms with Crippen LogP contribution in [0.5, 0.6) is 5.75 Å². The fraction of sp³-hybridized carbons (Fsp3) is 0.360. The maximum absolute atomic E-state index is 9.58. The van der Waals surface area contributed by atoms with E-state index in [1.165, 1.54) is 5.56 Å². The van der Waals surface area contributed by atoms with Crippen LogP contribution < -0.4 is 9.64 Å². The Morgan fingerprint density at radius 2 is 2.12 bits per heavy atom. The van der Waals surface area contributed by atoms with E-state index in [1.807, 2.05) is 13.1 Å². The zero-order chi connectivity index (χ0) is 22.4. The van der Waals surface area contributed by atoms with Crippen molar-refractivity contribution in [3.05, 3.63) is 59.4 Å². The molecule has 8 heteroatoms. The fourth-order valence-electron chi connectivity index (χ4n) is 4.96. The molecule has 0 saturated carbocycles. The second-order valence-electron chi connectivity index (χ2n) is 8.92. The summed E-state index contributed by atoms with van der Waals surface area (Å²) < 4.78 is 6.09. The number of anilines is 1. The van der Waals surface area contributed by atoms with Crippen LogP contribution in [0.2, 0.25) is 0 Å². The van der Waals surface area contributed by atoms with E-state index in [9.17, 15) is 5.11 Å². The van der Waals surface area contributed by atoms with E-state index in [2.05, 4.69) is 54.1 Å². The van der Waals surface area contributed by atoms with Crippen molar-refractivity contribution in [2.24, 2.45) is 5.92 Å². The van der Waals surface area contributed by atoms with E-state index < -0.39 is 0 Å². The maximum atomic E-state index is 9.58. The van der Waals surface area contributed by atoms with Gasteiger partial charge >= 0.3 is 0 Å². The second kappa shape index (κ2) is 8.12. The number of pyridine rings is 1. The zero-order valence-corrected chi connectivity index (χ0v) is 18.6. The van der Waals surface area contributed by atoms with Crippen molar-refractivity contribution in [3.63, 3.8) is 0 Å². The van der Waals surface area contributed by atoms with Gasteiger partial charge in [-0.2, -0.15) is 0 Å². The number of H-pyrrole nitrogens is 1. The minimum Gasteiger partial charge on any atom is -0.491 e. The van der Waals surface area contributed by atoms with Crippen LogP contribution in [0.25, 0.3) is 22.3 Å². The molecule has 33 heavy (non-hydrogen) atoms. The number of rotatable bonds is 3. The molecule has 1 aliphatic carbocycles. The number of aromatic nitrogens is 5. The Hall–Kier alpha value is -3.52. The van der Waals surface area contributed by atoms with Crippen LogP contribution in [0.15, 0.2) is 36.8 Å². The Labute approximate surface area is 191 Å². The zero-order valence-electron chi connectivity index (χ0n) is 18.6. The van der Waals surface area contributed by atoms with Gasteiger partial charge in [0.1, 0.15) is 30.3 Å². The third kappa shape index (κ3) is 3.70. The number of imidazole rings is 1. The second-order valence-corrected chi connectivity index (χ2v) is 8.92. The van der Waals surface area contributed by atoms with E-state index in [0.717, 1.165) is 83.3 Å². The van der Waals surface area contributed by atoms with Gasteiger partial charge < -0.3 is 19.7 Å². The summed E-state index contributed by atoms with van der Waals surface area (Å²) in [7, 11) is 0. The number of hydrogen-bond acceptors (Lipinski definition) is 7. The average molecular weight is 443 g/mol. The van der Waals surface area contributed by atoms with Gasteiger partial charge in [-0.15, -0.1) is 0 Å². The standard InChI is InChI=1S/C25H26N6O2/c1-15-29-22-10-18(11-26-24(22)30-15)17-3-5-23-19(9-17)12-31(6-7-33-23)25-20-4-2-16(13-32)8-21(20)27-14-28-25/h3,5,9-11,14,16,32H,2,4,6-8,12-13H2,1H3,(H,26,29,30). The van der Waals surface area contributed by atoms with Crippen LogP contribution in [-0.2, 0) is 19.4 Å². The molecule has 0 saturated heterocycles. The quantitative estimate of drug-likeness (QED) is 0.502. The SMILES string of the molecule is Cc1nc2ncc(-c3ccc4c(c3)CN(c3ncnc5c3CCC(CO)C5)CCO4)cc2[nH]1. The molecule has 0 radical (unpaired) electrons. The minimum absolute atomic E-state index is 0.214. The molecule has 4 heterocycles. The van der Waals surface area contributed by atoms with Crippen LogP contribution in [0, 0.1) is 12.8 Å². The molecule has 1 aromatic carbocycles. The molecule has 1 atom stereocenters. The first-order chi connectivity index (χ1) is 16.2. The number of fused-ring (bicyclic) bond motifs is 3. The summed E-state index contributed by atoms with van der Waals surface area (Å²) in [6.45, 7) is 4.23. The van der Waals surface area contributed by atoms with Crippen molar-refractivity contribution >= 4 is 17.0 Å². The Kier molecular flexibility index (Phi) is 4.95. The number of aliphatic hydroxyl groups is 1. The Bertz CT molecular complexity index is 1330. The highest BCUT2D eigenvalue weighted by atomic mass is 16.5. The molecule has 168 valence electrons. The summed E-state index contributed by atoms with van der Waals surface area (Å²) in [6, 6.07) is 8.42. The molecule has 2 aliphatic rings. The Morgan fingerprint density at radius 1 is 1.18 bits per heavy atom. The highest BCUT2D eigenvalue weighted by Gasteiger charge is 2.26. The number of hydrogen-bond donors (Lipinski definition) is 2. The first kappa shape index (κ1) is 20.1. The summed E-state index contributed by atoms with van der Waals surface area (Å²) in [5.41, 5.74) is 7.21. The van der Waals surface area contributed by atoms with Crippen molar-refractivity contribution in [1.29, 1.82) is 0 Å². The van der Waals surface area contributed by atoms with E-state index in [-0.39, 0.29) is 6.61 Å². The number of aliphatic hydroxyl groups excluding tert-OH is 1. The van der Waals surface area contributed by atoms with Gasteiger partial charge in [0, 0.05) is 41.7 Å². The maximum Gasteiger partial charge on any atom is 0.177 e. The number of nitrogens with zero attached hydrogens (tertiary/aromatic N) is 5. The average Bonchev–Trinajstić information content (AvgIpc) is 3.09. The molecular weight excluding hydrogens is 416 g/mol. The number of ether oxygens (including phenoxy) is 1. The molecule has 3 aromatic heterocycles. The van der Waals surface area contributed by atoms with Gasteiger partial charge in [-0.3, -0.25) is 0 Å². The topological polar surface area (TPSA) is 100 Å². The van der Waals surface area contributed by atoms with E-state index >= 15 is 0 Å². The third-order valence-electron chi connectivity index (χ3n) is 6.68. The van der Waals surface area contributed by atoms with Gasteiger partial charge in [-0.1, -0.05) is 6.07 Å². The number of aromatic amines is 1. The van der Waals surface area contributed by atoms with Crippen molar-refractivity contribution in [2.45, 2.75) is 32.7 Å². The minimum atomic E-state index is 0.214. The van der Waals surface area contributed by atoms with Crippen LogP contribution >= 0.6 is 0 Å². The van der Waals surface area contributed by atoms with E-state index in [0.29, 0.717) is 12.5 Å². The van der Waals surface area contributed by atoms with Crippen LogP contribution in [0.4, 0.5) is 5.82 Å². The lowest BCUT2D eigenvalue weighted by molar-refractivity contribution is 0.212. The highest BCUT2D eigenvalue weighted by molar-refractivity contribution is 5.78. The van der Waals surface area contributed by atoms with Crippen molar-refractivity contribution < 1.29 is 9.84 Å². The van der Waals surface area contributed by atoms with Crippen LogP contribution in [0.3, 0.4) is 0 Å². The molecule has 0 amide bonds. The van der Waals surface area contributed by atoms with Gasteiger partial charge in [0.2, 0.25) is 0 Å². The van der Waals surface area contributed by atoms with Gasteiger partial charge in [0.25, 0.3) is 0 Å². The number of nitrogens with one attached hydrogen (secondary N) is 1. The van der Waals surface area contributed by atoms with E-state index in [1.54, 1.807) is 6.33 Å². The van der Waals surface area contributed by atoms with Crippen molar-refractivity contribution in [2.75, 3.05) is 24.7 Å². The molecule has 6 rings (SSSR count). The number of aryl methyl sites for hydroxylation is 1. The number of benzene rings is 1. The highest BCUT2D eigenvalue weighted by Crippen LogP contribution is 2.34. The molecular formula is C25H26N6O2. The molecule has 1 aliphatic heterocycles. The van der Waals surface area contributed by atoms with Gasteiger partial charge in [0.15, 0.2) is 5.65 Å². The lowest BCUT2D eigenvalue weighted by Gasteiger charge is -2.28. The Morgan fingerprint density at radius 3 is 3.03 bits per heavy atom. The monoisotopic (exact) mass is 442 g/mol. The smallest absolute Gasteiger partial charge is 0.177 e. The third-order valence-corrected chi connectivity index (χ3v) is 6.68. The lowest BCUT2D eigenvalue weighted by Crippen LogP contribution is -2.29. The van der Waals surface area contributed by atoms with Crippen molar-refractivity contribution in [3.8, 4) is 16.9 Å². The van der Waals surface area contributed by atoms with Crippen LogP contribution in [0.1, 0.15) is 29.1 Å². The largest absolute Gasteiger partial charge is 0.491 e. The summed E-state index contributed by atoms with van der Waals surface area (Å²) in [4.78, 5) is 23.7. The van der Waals surface area contributed by atoms with E-state index in [4.69, 9.17) is 4.74 Å². The van der Waals surface area contributed by atoms with Crippen LogP contribution in [-0.4, -0.2) is 49.8 Å². The summed E-state index contributed by atoms with van der Waals surface area (Å²) >= 11 is 0. The lowest BCUT2D eigenvalue weighted by atomic mass is 9.87. The molecule has 0 spiro atoms. The normalized spacial score (nSPS) is 17.9. The predicted octanol–water partition coefficient (Wildman–Crippen LogP) is 3.22. The van der Waals surface area contributed by atoms with Crippen molar-refractivity contribution in [1.82, 2.24) is 24.9 Å². The molecule has 0 fully saturated rings.